The van der Waals surface area contributed by atoms with E-state index in [2.05, 4.69) is 16.1 Å². The summed E-state index contributed by atoms with van der Waals surface area (Å²) in [4.78, 5) is 13.8. The van der Waals surface area contributed by atoms with Crippen molar-refractivity contribution in [3.05, 3.63) is 0 Å². The second-order valence-electron chi connectivity index (χ2n) is 5.42. The number of hydrogen-bond donors (Lipinski definition) is 1. The Morgan fingerprint density at radius 3 is 2.88 bits per heavy atom. The van der Waals surface area contributed by atoms with Gasteiger partial charge in [-0.2, -0.15) is 0 Å². The lowest BCUT2D eigenvalue weighted by atomic mass is 10.1. The monoisotopic (exact) mass is 238 g/mol. The van der Waals surface area contributed by atoms with Crippen molar-refractivity contribution in [2.75, 3.05) is 19.6 Å². The molecule has 1 saturated heterocycles. The standard InChI is InChI=1S/C13H22N2O2/c1-5-8-15-9-6-7-11(10-15)14-12(16)17-13(2,3)4/h1,11H,6-10H2,2-4H3,(H,14,16)/t11-/m1/s1. The number of amides is 1. The molecule has 0 aromatic carbocycles. The van der Waals surface area contributed by atoms with Crippen LogP contribution in [0.5, 0.6) is 0 Å². The summed E-state index contributed by atoms with van der Waals surface area (Å²) in [6.45, 7) is 8.04. The maximum absolute atomic E-state index is 11.6. The quantitative estimate of drug-likeness (QED) is 0.743. The van der Waals surface area contributed by atoms with Crippen molar-refractivity contribution < 1.29 is 9.53 Å². The second-order valence-corrected chi connectivity index (χ2v) is 5.42. The first-order chi connectivity index (χ1) is 7.90. The number of nitrogens with zero attached hydrogens (tertiary/aromatic N) is 1. The fourth-order valence-corrected chi connectivity index (χ4v) is 1.92. The molecule has 0 saturated carbocycles. The van der Waals surface area contributed by atoms with Crippen LogP contribution < -0.4 is 5.32 Å². The lowest BCUT2D eigenvalue weighted by Crippen LogP contribution is -2.48. The molecule has 0 spiro atoms. The number of alkyl carbamates (subject to hydrolysis) is 1. The van der Waals surface area contributed by atoms with Gasteiger partial charge in [0.1, 0.15) is 5.60 Å². The SMILES string of the molecule is C#CCN1CCC[C@@H](NC(=O)OC(C)(C)C)C1. The van der Waals surface area contributed by atoms with Crippen LogP contribution in [0.3, 0.4) is 0 Å². The third-order valence-corrected chi connectivity index (χ3v) is 2.54. The summed E-state index contributed by atoms with van der Waals surface area (Å²) in [5.41, 5.74) is -0.447. The van der Waals surface area contributed by atoms with Crippen LogP contribution in [0.1, 0.15) is 33.6 Å². The average molecular weight is 238 g/mol. The summed E-state index contributed by atoms with van der Waals surface area (Å²) in [7, 11) is 0. The van der Waals surface area contributed by atoms with Crippen LogP contribution in [-0.2, 0) is 4.74 Å². The Hall–Kier alpha value is -1.21. The van der Waals surface area contributed by atoms with Crippen LogP contribution in [0.15, 0.2) is 0 Å². The van der Waals surface area contributed by atoms with E-state index in [4.69, 9.17) is 11.2 Å². The summed E-state index contributed by atoms with van der Waals surface area (Å²) in [6.07, 6.45) is 6.99. The van der Waals surface area contributed by atoms with E-state index in [0.29, 0.717) is 6.54 Å². The largest absolute Gasteiger partial charge is 0.444 e. The van der Waals surface area contributed by atoms with Gasteiger partial charge in [-0.25, -0.2) is 4.79 Å². The summed E-state index contributed by atoms with van der Waals surface area (Å²) in [5.74, 6) is 2.63. The van der Waals surface area contributed by atoms with Gasteiger partial charge < -0.3 is 10.1 Å². The molecule has 0 bridgehead atoms. The molecule has 0 aliphatic carbocycles. The number of likely N-dealkylation sites (tertiary alicyclic amines) is 1. The number of carbonyl (C=O) groups excluding carboxylic acids is 1. The van der Waals surface area contributed by atoms with Gasteiger partial charge in [0.15, 0.2) is 0 Å². The molecule has 4 heteroatoms. The topological polar surface area (TPSA) is 41.6 Å². The maximum atomic E-state index is 11.6. The van der Waals surface area contributed by atoms with Crippen molar-refractivity contribution in [2.45, 2.75) is 45.3 Å². The maximum Gasteiger partial charge on any atom is 0.407 e. The molecule has 1 N–H and O–H groups in total. The molecular weight excluding hydrogens is 216 g/mol. The van der Waals surface area contributed by atoms with Crippen molar-refractivity contribution >= 4 is 6.09 Å². The van der Waals surface area contributed by atoms with Gasteiger partial charge in [-0.15, -0.1) is 6.42 Å². The van der Waals surface area contributed by atoms with E-state index in [-0.39, 0.29) is 12.1 Å². The summed E-state index contributed by atoms with van der Waals surface area (Å²) < 4.78 is 5.23. The van der Waals surface area contributed by atoms with Gasteiger partial charge in [0.25, 0.3) is 0 Å². The third-order valence-electron chi connectivity index (χ3n) is 2.54. The molecule has 4 nitrogen and oxygen atoms in total. The third kappa shape index (κ3) is 5.60. The molecule has 1 fully saturated rings. The molecule has 0 radical (unpaired) electrons. The first-order valence-corrected chi connectivity index (χ1v) is 6.06. The van der Waals surface area contributed by atoms with Crippen LogP contribution in [0.4, 0.5) is 4.79 Å². The summed E-state index contributed by atoms with van der Waals surface area (Å²) in [6, 6.07) is 0.145. The molecular formula is C13H22N2O2. The Morgan fingerprint density at radius 1 is 1.59 bits per heavy atom. The minimum absolute atomic E-state index is 0.145. The zero-order chi connectivity index (χ0) is 12.9. The predicted molar refractivity (Wildman–Crippen MR) is 67.7 cm³/mol. The van der Waals surface area contributed by atoms with E-state index in [1.807, 2.05) is 20.8 Å². The Kier molecular flexibility index (Phi) is 4.83. The average Bonchev–Trinajstić information content (AvgIpc) is 2.15. The molecule has 1 amide bonds. The fourth-order valence-electron chi connectivity index (χ4n) is 1.92. The molecule has 1 rings (SSSR count). The van der Waals surface area contributed by atoms with Gasteiger partial charge in [-0.05, 0) is 40.2 Å². The lowest BCUT2D eigenvalue weighted by Gasteiger charge is -2.32. The van der Waals surface area contributed by atoms with Crippen molar-refractivity contribution in [1.29, 1.82) is 0 Å². The van der Waals surface area contributed by atoms with Crippen LogP contribution >= 0.6 is 0 Å². The predicted octanol–water partition coefficient (Wildman–Crippen LogP) is 1.61. The molecule has 1 atom stereocenters. The fraction of sp³-hybridized carbons (Fsp3) is 0.769. The highest BCUT2D eigenvalue weighted by atomic mass is 16.6. The van der Waals surface area contributed by atoms with Gasteiger partial charge in [0.05, 0.1) is 6.54 Å². The van der Waals surface area contributed by atoms with Gasteiger partial charge in [-0.3, -0.25) is 4.90 Å². The van der Waals surface area contributed by atoms with Crippen molar-refractivity contribution in [3.63, 3.8) is 0 Å². The van der Waals surface area contributed by atoms with Gasteiger partial charge >= 0.3 is 6.09 Å². The Balaban J connectivity index is 2.36. The molecule has 0 unspecified atom stereocenters. The van der Waals surface area contributed by atoms with Crippen molar-refractivity contribution in [1.82, 2.24) is 10.2 Å². The van der Waals surface area contributed by atoms with E-state index in [0.717, 1.165) is 25.9 Å². The smallest absolute Gasteiger partial charge is 0.407 e. The van der Waals surface area contributed by atoms with Gasteiger partial charge in [-0.1, -0.05) is 5.92 Å². The number of rotatable bonds is 2. The Labute approximate surface area is 104 Å². The van der Waals surface area contributed by atoms with E-state index in [1.165, 1.54) is 0 Å². The van der Waals surface area contributed by atoms with Crippen LogP contribution in [0.25, 0.3) is 0 Å². The van der Waals surface area contributed by atoms with Crippen LogP contribution in [0, 0.1) is 12.3 Å². The van der Waals surface area contributed by atoms with Crippen molar-refractivity contribution in [3.8, 4) is 12.3 Å². The van der Waals surface area contributed by atoms with Crippen LogP contribution in [0.2, 0.25) is 0 Å². The molecule has 96 valence electrons. The molecule has 0 aromatic heterocycles. The highest BCUT2D eigenvalue weighted by Gasteiger charge is 2.23. The van der Waals surface area contributed by atoms with E-state index in [9.17, 15) is 4.79 Å². The van der Waals surface area contributed by atoms with E-state index in [1.54, 1.807) is 0 Å². The molecule has 1 aliphatic heterocycles. The van der Waals surface area contributed by atoms with Crippen molar-refractivity contribution in [2.24, 2.45) is 0 Å². The minimum Gasteiger partial charge on any atom is -0.444 e. The molecule has 17 heavy (non-hydrogen) atoms. The number of carbonyl (C=O) groups is 1. The number of piperidine rings is 1. The number of ether oxygens (including phenoxy) is 1. The second kappa shape index (κ2) is 5.92. The highest BCUT2D eigenvalue weighted by Crippen LogP contribution is 2.11. The van der Waals surface area contributed by atoms with Gasteiger partial charge in [0.2, 0.25) is 0 Å². The normalized spacial score (nSPS) is 21.6. The zero-order valence-corrected chi connectivity index (χ0v) is 11.0. The Morgan fingerprint density at radius 2 is 2.29 bits per heavy atom. The Bertz CT molecular complexity index is 302. The molecule has 1 heterocycles. The zero-order valence-electron chi connectivity index (χ0n) is 11.0. The first kappa shape index (κ1) is 13.9. The molecule has 1 aliphatic rings. The minimum atomic E-state index is -0.447. The summed E-state index contributed by atoms with van der Waals surface area (Å²) >= 11 is 0. The molecule has 0 aromatic rings. The number of nitrogens with one attached hydrogen (secondary N) is 1. The highest BCUT2D eigenvalue weighted by molar-refractivity contribution is 5.68. The summed E-state index contributed by atoms with van der Waals surface area (Å²) in [5, 5.41) is 2.89. The van der Waals surface area contributed by atoms with Crippen LogP contribution in [-0.4, -0.2) is 42.3 Å². The van der Waals surface area contributed by atoms with E-state index < -0.39 is 5.60 Å². The first-order valence-electron chi connectivity index (χ1n) is 6.06. The van der Waals surface area contributed by atoms with Gasteiger partial charge in [0, 0.05) is 12.6 Å². The van der Waals surface area contributed by atoms with E-state index >= 15 is 0 Å². The number of hydrogen-bond acceptors (Lipinski definition) is 3. The lowest BCUT2D eigenvalue weighted by molar-refractivity contribution is 0.0476. The number of terminal acetylenes is 1.